The molecule has 0 aromatic carbocycles. The zero-order valence-electron chi connectivity index (χ0n) is 9.66. The number of nitrogens with zero attached hydrogens (tertiary/aromatic N) is 1. The number of halogens is 1. The van der Waals surface area contributed by atoms with E-state index in [9.17, 15) is 0 Å². The Kier molecular flexibility index (Phi) is 3.82. The molecule has 1 saturated carbocycles. The lowest BCUT2D eigenvalue weighted by molar-refractivity contribution is 0.00299. The first-order chi connectivity index (χ1) is 7.69. The van der Waals surface area contributed by atoms with E-state index in [1.807, 2.05) is 20.0 Å². The first-order valence-electron chi connectivity index (χ1n) is 5.69. The molecule has 0 amide bonds. The third-order valence-electron chi connectivity index (χ3n) is 2.88. The van der Waals surface area contributed by atoms with E-state index in [1.165, 1.54) is 0 Å². The number of hydrogen-bond donors (Lipinski definition) is 1. The Balaban J connectivity index is 1.84. The SMILES string of the molecule is CCOC1CC(Nc2cnc(Br)c(C)c2)C1. The highest BCUT2D eigenvalue weighted by Gasteiger charge is 2.29. The minimum absolute atomic E-state index is 0.451. The first-order valence-corrected chi connectivity index (χ1v) is 6.48. The smallest absolute Gasteiger partial charge is 0.109 e. The van der Waals surface area contributed by atoms with Gasteiger partial charge in [0, 0.05) is 12.6 Å². The monoisotopic (exact) mass is 284 g/mol. The number of pyridine rings is 1. The van der Waals surface area contributed by atoms with Crippen LogP contribution in [-0.2, 0) is 4.74 Å². The van der Waals surface area contributed by atoms with Gasteiger partial charge in [-0.3, -0.25) is 0 Å². The highest BCUT2D eigenvalue weighted by atomic mass is 79.9. The molecule has 16 heavy (non-hydrogen) atoms. The number of nitrogens with one attached hydrogen (secondary N) is 1. The zero-order valence-corrected chi connectivity index (χ0v) is 11.3. The van der Waals surface area contributed by atoms with E-state index in [-0.39, 0.29) is 0 Å². The summed E-state index contributed by atoms with van der Waals surface area (Å²) in [5.74, 6) is 0. The van der Waals surface area contributed by atoms with Crippen LogP contribution < -0.4 is 5.32 Å². The summed E-state index contributed by atoms with van der Waals surface area (Å²) in [6, 6.07) is 2.66. The van der Waals surface area contributed by atoms with Crippen LogP contribution in [0.3, 0.4) is 0 Å². The Morgan fingerprint density at radius 3 is 2.94 bits per heavy atom. The molecule has 0 radical (unpaired) electrons. The van der Waals surface area contributed by atoms with Gasteiger partial charge in [-0.2, -0.15) is 0 Å². The Hall–Kier alpha value is -0.610. The summed E-state index contributed by atoms with van der Waals surface area (Å²) in [6.45, 7) is 4.91. The quantitative estimate of drug-likeness (QED) is 0.863. The normalized spacial score (nSPS) is 23.9. The van der Waals surface area contributed by atoms with Crippen LogP contribution in [0.15, 0.2) is 16.9 Å². The minimum atomic E-state index is 0.451. The first kappa shape index (κ1) is 11.9. The van der Waals surface area contributed by atoms with Gasteiger partial charge in [0.2, 0.25) is 0 Å². The van der Waals surface area contributed by atoms with Crippen LogP contribution in [0.4, 0.5) is 5.69 Å². The van der Waals surface area contributed by atoms with Gasteiger partial charge in [-0.25, -0.2) is 4.98 Å². The molecule has 0 saturated heterocycles. The van der Waals surface area contributed by atoms with Crippen molar-refractivity contribution in [3.63, 3.8) is 0 Å². The van der Waals surface area contributed by atoms with Gasteiger partial charge in [-0.15, -0.1) is 0 Å². The Morgan fingerprint density at radius 2 is 2.31 bits per heavy atom. The second-order valence-corrected chi connectivity index (χ2v) is 4.97. The van der Waals surface area contributed by atoms with E-state index in [1.54, 1.807) is 0 Å². The molecule has 0 bridgehead atoms. The van der Waals surface area contributed by atoms with Crippen LogP contribution in [0, 0.1) is 6.92 Å². The second kappa shape index (κ2) is 5.15. The molecule has 0 atom stereocenters. The summed E-state index contributed by atoms with van der Waals surface area (Å²) in [6.07, 6.45) is 4.52. The maximum atomic E-state index is 5.53. The van der Waals surface area contributed by atoms with E-state index in [0.717, 1.165) is 35.3 Å². The third-order valence-corrected chi connectivity index (χ3v) is 3.71. The summed E-state index contributed by atoms with van der Waals surface area (Å²) in [5, 5.41) is 3.47. The molecule has 1 N–H and O–H groups in total. The van der Waals surface area contributed by atoms with Crippen LogP contribution in [0.1, 0.15) is 25.3 Å². The van der Waals surface area contributed by atoms with Gasteiger partial charge < -0.3 is 10.1 Å². The number of ether oxygens (including phenoxy) is 1. The second-order valence-electron chi connectivity index (χ2n) is 4.22. The van der Waals surface area contributed by atoms with Crippen LogP contribution >= 0.6 is 15.9 Å². The Labute approximate surface area is 105 Å². The average Bonchev–Trinajstić information content (AvgIpc) is 2.20. The Bertz CT molecular complexity index is 364. The van der Waals surface area contributed by atoms with Crippen LogP contribution in [-0.4, -0.2) is 23.7 Å². The molecule has 3 nitrogen and oxygen atoms in total. The van der Waals surface area contributed by atoms with E-state index in [2.05, 4.69) is 32.3 Å². The molecule has 0 unspecified atom stereocenters. The fourth-order valence-electron chi connectivity index (χ4n) is 1.93. The van der Waals surface area contributed by atoms with Crippen molar-refractivity contribution in [2.75, 3.05) is 11.9 Å². The predicted octanol–water partition coefficient (Wildman–Crippen LogP) is 3.13. The fourth-order valence-corrected chi connectivity index (χ4v) is 2.14. The van der Waals surface area contributed by atoms with Crippen molar-refractivity contribution in [1.29, 1.82) is 0 Å². The molecule has 4 heteroatoms. The van der Waals surface area contributed by atoms with Gasteiger partial charge in [0.25, 0.3) is 0 Å². The molecule has 88 valence electrons. The molecule has 1 fully saturated rings. The van der Waals surface area contributed by atoms with Crippen LogP contribution in [0.25, 0.3) is 0 Å². The van der Waals surface area contributed by atoms with Crippen molar-refractivity contribution in [3.05, 3.63) is 22.4 Å². The van der Waals surface area contributed by atoms with Crippen molar-refractivity contribution < 1.29 is 4.74 Å². The molecule has 1 aliphatic rings. The summed E-state index contributed by atoms with van der Waals surface area (Å²) in [5.41, 5.74) is 2.26. The maximum Gasteiger partial charge on any atom is 0.109 e. The number of aryl methyl sites for hydroxylation is 1. The number of hydrogen-bond acceptors (Lipinski definition) is 3. The third kappa shape index (κ3) is 2.74. The predicted molar refractivity (Wildman–Crippen MR) is 68.7 cm³/mol. The fraction of sp³-hybridized carbons (Fsp3) is 0.583. The van der Waals surface area contributed by atoms with E-state index in [0.29, 0.717) is 12.1 Å². The molecule has 2 rings (SSSR count). The zero-order chi connectivity index (χ0) is 11.5. The summed E-state index contributed by atoms with van der Waals surface area (Å²) in [4.78, 5) is 4.27. The van der Waals surface area contributed by atoms with Gasteiger partial charge in [0.1, 0.15) is 4.60 Å². The van der Waals surface area contributed by atoms with Gasteiger partial charge in [0.05, 0.1) is 18.0 Å². The summed E-state index contributed by atoms with van der Waals surface area (Å²) < 4.78 is 6.44. The van der Waals surface area contributed by atoms with Crippen LogP contribution in [0.5, 0.6) is 0 Å². The molecule has 1 aliphatic carbocycles. The van der Waals surface area contributed by atoms with E-state index < -0.39 is 0 Å². The molecular weight excluding hydrogens is 268 g/mol. The Morgan fingerprint density at radius 1 is 1.56 bits per heavy atom. The molecule has 1 aromatic heterocycles. The number of rotatable bonds is 4. The number of anilines is 1. The number of aromatic nitrogens is 1. The minimum Gasteiger partial charge on any atom is -0.381 e. The summed E-state index contributed by atoms with van der Waals surface area (Å²) >= 11 is 3.40. The average molecular weight is 285 g/mol. The molecule has 0 spiro atoms. The van der Waals surface area contributed by atoms with Gasteiger partial charge in [0.15, 0.2) is 0 Å². The highest BCUT2D eigenvalue weighted by Crippen LogP contribution is 2.27. The van der Waals surface area contributed by atoms with Crippen molar-refractivity contribution >= 4 is 21.6 Å². The lowest BCUT2D eigenvalue weighted by Gasteiger charge is -2.36. The van der Waals surface area contributed by atoms with Gasteiger partial charge >= 0.3 is 0 Å². The molecule has 1 aromatic rings. The summed E-state index contributed by atoms with van der Waals surface area (Å²) in [7, 11) is 0. The van der Waals surface area contributed by atoms with Crippen molar-refractivity contribution in [2.45, 2.75) is 38.8 Å². The van der Waals surface area contributed by atoms with Crippen molar-refractivity contribution in [2.24, 2.45) is 0 Å². The molecule has 1 heterocycles. The molecule has 0 aliphatic heterocycles. The maximum absolute atomic E-state index is 5.53. The highest BCUT2D eigenvalue weighted by molar-refractivity contribution is 9.10. The van der Waals surface area contributed by atoms with Crippen molar-refractivity contribution in [3.8, 4) is 0 Å². The van der Waals surface area contributed by atoms with E-state index in [4.69, 9.17) is 4.74 Å². The topological polar surface area (TPSA) is 34.1 Å². The lowest BCUT2D eigenvalue weighted by Crippen LogP contribution is -2.40. The van der Waals surface area contributed by atoms with Gasteiger partial charge in [-0.05, 0) is 54.2 Å². The standard InChI is InChI=1S/C12H17BrN2O/c1-3-16-11-5-9(6-11)15-10-4-8(2)12(13)14-7-10/h4,7,9,11,15H,3,5-6H2,1-2H3. The molecular formula is C12H17BrN2O. The lowest BCUT2D eigenvalue weighted by atomic mass is 9.89. The largest absolute Gasteiger partial charge is 0.381 e. The van der Waals surface area contributed by atoms with Crippen molar-refractivity contribution in [1.82, 2.24) is 4.98 Å². The van der Waals surface area contributed by atoms with Gasteiger partial charge in [-0.1, -0.05) is 0 Å². The van der Waals surface area contributed by atoms with Crippen LogP contribution in [0.2, 0.25) is 0 Å². The van der Waals surface area contributed by atoms with E-state index >= 15 is 0 Å².